The number of carbonyl (C=O) groups is 1. The monoisotopic (exact) mass is 612 g/mol. The van der Waals surface area contributed by atoms with Gasteiger partial charge in [-0.2, -0.15) is 13.2 Å². The average Bonchev–Trinajstić information content (AvgIpc) is 3.42. The number of nitrogen functional groups attached to an aromatic ring is 1. The van der Waals surface area contributed by atoms with Gasteiger partial charge in [0.2, 0.25) is 12.7 Å². The fourth-order valence-corrected chi connectivity index (χ4v) is 6.36. The van der Waals surface area contributed by atoms with E-state index in [2.05, 4.69) is 25.9 Å². The van der Waals surface area contributed by atoms with Crippen molar-refractivity contribution in [2.45, 2.75) is 54.9 Å². The van der Waals surface area contributed by atoms with Crippen molar-refractivity contribution in [2.75, 3.05) is 25.6 Å². The summed E-state index contributed by atoms with van der Waals surface area (Å²) >= 11 is 4.91. The summed E-state index contributed by atoms with van der Waals surface area (Å²) in [5.41, 5.74) is 4.46. The van der Waals surface area contributed by atoms with Crippen LogP contribution in [0.5, 0.6) is 11.5 Å². The molecule has 0 radical (unpaired) electrons. The van der Waals surface area contributed by atoms with Gasteiger partial charge in [0.05, 0.1) is 6.33 Å². The Labute approximate surface area is 228 Å². The largest absolute Gasteiger partial charge is 0.454 e. The summed E-state index contributed by atoms with van der Waals surface area (Å²) in [6.45, 7) is 1.48. The third-order valence-electron chi connectivity index (χ3n) is 7.48. The molecule has 1 saturated heterocycles. The molecule has 1 aliphatic carbocycles. The number of fused-ring (bicyclic) bond motifs is 2. The first-order valence-electron chi connectivity index (χ1n) is 12.3. The maximum absolute atomic E-state index is 13.3. The minimum absolute atomic E-state index is 0.0986. The number of hydrogen-bond donors (Lipinski definition) is 1. The third-order valence-corrected chi connectivity index (χ3v) is 9.32. The first kappa shape index (κ1) is 25.5. The van der Waals surface area contributed by atoms with Gasteiger partial charge in [0.1, 0.15) is 5.41 Å². The molecule has 4 aliphatic heterocycles. The molecule has 202 valence electrons. The van der Waals surface area contributed by atoms with E-state index in [1.165, 1.54) is 16.7 Å². The van der Waals surface area contributed by atoms with Crippen LogP contribution in [0.15, 0.2) is 33.0 Å². The van der Waals surface area contributed by atoms with E-state index in [1.54, 1.807) is 6.33 Å². The molecule has 4 heterocycles. The summed E-state index contributed by atoms with van der Waals surface area (Å²) in [4.78, 5) is 28.4. The topological polar surface area (TPSA) is 108 Å². The fraction of sp³-hybridized carbons (Fsp3) is 0.500. The van der Waals surface area contributed by atoms with Crippen LogP contribution in [0.1, 0.15) is 32.1 Å². The molecular weight excluding hydrogens is 589 g/mol. The second-order valence-electron chi connectivity index (χ2n) is 9.84. The van der Waals surface area contributed by atoms with Gasteiger partial charge in [0, 0.05) is 29.0 Å². The number of alkyl halides is 3. The first-order chi connectivity index (χ1) is 18.1. The predicted octanol–water partition coefficient (Wildman–Crippen LogP) is 4.97. The summed E-state index contributed by atoms with van der Waals surface area (Å²) < 4.78 is 53.6. The summed E-state index contributed by atoms with van der Waals surface area (Å²) in [5.74, 6) is 1.75. The molecule has 1 aromatic rings. The van der Waals surface area contributed by atoms with Gasteiger partial charge in [0.25, 0.3) is 0 Å². The lowest BCUT2D eigenvalue weighted by molar-refractivity contribution is -0.199. The Hall–Kier alpha value is -2.74. The molecule has 1 aromatic carbocycles. The molecule has 0 aromatic heterocycles. The van der Waals surface area contributed by atoms with E-state index < -0.39 is 17.5 Å². The number of imidazole rings is 1. The van der Waals surface area contributed by atoms with E-state index in [1.807, 2.05) is 16.7 Å². The van der Waals surface area contributed by atoms with E-state index in [0.29, 0.717) is 60.6 Å². The minimum atomic E-state index is -4.47. The van der Waals surface area contributed by atoms with Crippen molar-refractivity contribution in [1.82, 2.24) is 24.4 Å². The molecule has 0 spiro atoms. The van der Waals surface area contributed by atoms with Gasteiger partial charge in [-0.15, -0.1) is 0 Å². The molecule has 2 fully saturated rings. The molecule has 2 N–H and O–H groups in total. The van der Waals surface area contributed by atoms with Gasteiger partial charge in [-0.3, -0.25) is 4.79 Å². The molecule has 0 unspecified atom stereocenters. The van der Waals surface area contributed by atoms with Crippen LogP contribution in [0.3, 0.4) is 0 Å². The van der Waals surface area contributed by atoms with Crippen molar-refractivity contribution in [3.8, 4) is 23.0 Å². The van der Waals surface area contributed by atoms with Gasteiger partial charge in [-0.05, 0) is 77.8 Å². The molecule has 38 heavy (non-hydrogen) atoms. The van der Waals surface area contributed by atoms with E-state index in [9.17, 15) is 18.0 Å². The number of aromatic nitrogens is 4. The molecule has 6 rings (SSSR count). The molecule has 1 amide bonds. The fourth-order valence-electron chi connectivity index (χ4n) is 5.01. The van der Waals surface area contributed by atoms with Crippen LogP contribution < -0.4 is 15.2 Å². The number of amides is 1. The van der Waals surface area contributed by atoms with Crippen molar-refractivity contribution >= 4 is 39.4 Å². The highest BCUT2D eigenvalue weighted by Gasteiger charge is 2.69. The van der Waals surface area contributed by atoms with Crippen LogP contribution in [0.2, 0.25) is 0 Å². The zero-order valence-corrected chi connectivity index (χ0v) is 22.5. The van der Waals surface area contributed by atoms with Gasteiger partial charge < -0.3 is 24.7 Å². The van der Waals surface area contributed by atoms with Gasteiger partial charge in [-0.1, -0.05) is 0 Å². The Morgan fingerprint density at radius 1 is 1.18 bits per heavy atom. The van der Waals surface area contributed by atoms with Gasteiger partial charge in [0.15, 0.2) is 34.0 Å². The van der Waals surface area contributed by atoms with Crippen molar-refractivity contribution < 1.29 is 27.4 Å². The Morgan fingerprint density at radius 3 is 2.58 bits per heavy atom. The first-order valence-corrected chi connectivity index (χ1v) is 13.9. The highest BCUT2D eigenvalue weighted by molar-refractivity contribution is 9.10. The van der Waals surface area contributed by atoms with E-state index in [0.717, 1.165) is 15.8 Å². The number of likely N-dealkylation sites (tertiary alicyclic amines) is 1. The number of benzene rings is 1. The molecule has 0 bridgehead atoms. The summed E-state index contributed by atoms with van der Waals surface area (Å²) in [5, 5.41) is 0.513. The SMILES string of the molecule is Nc1ncn(CCC2CCN(C(=O)C3(C(F)(F)F)CC3)CC2)c2nc(Sc3cc4c(cc3Br)OCO4)nc1-2. The van der Waals surface area contributed by atoms with Gasteiger partial charge in [-0.25, -0.2) is 15.0 Å². The molecule has 1 saturated carbocycles. The zero-order chi connectivity index (χ0) is 26.7. The molecule has 5 aliphatic rings. The average molecular weight is 613 g/mol. The summed E-state index contributed by atoms with van der Waals surface area (Å²) in [6.07, 6.45) is -0.925. The van der Waals surface area contributed by atoms with E-state index in [4.69, 9.17) is 20.2 Å². The number of piperidine rings is 1. The number of halogens is 4. The second-order valence-corrected chi connectivity index (χ2v) is 11.7. The highest BCUT2D eigenvalue weighted by Crippen LogP contribution is 2.58. The van der Waals surface area contributed by atoms with Crippen molar-refractivity contribution in [1.29, 1.82) is 0 Å². The van der Waals surface area contributed by atoms with Crippen molar-refractivity contribution in [2.24, 2.45) is 11.3 Å². The maximum atomic E-state index is 13.3. The number of nitrogens with two attached hydrogens (primary N) is 1. The van der Waals surface area contributed by atoms with Gasteiger partial charge >= 0.3 is 6.18 Å². The lowest BCUT2D eigenvalue weighted by atomic mass is 9.92. The smallest absolute Gasteiger partial charge is 0.403 e. The lowest BCUT2D eigenvalue weighted by Crippen LogP contribution is -2.47. The van der Waals surface area contributed by atoms with Crippen molar-refractivity contribution in [3.05, 3.63) is 22.9 Å². The van der Waals surface area contributed by atoms with E-state index in [-0.39, 0.29) is 31.4 Å². The molecule has 14 heteroatoms. The number of aryl methyl sites for hydroxylation is 1. The summed E-state index contributed by atoms with van der Waals surface area (Å²) in [7, 11) is 0. The van der Waals surface area contributed by atoms with Crippen LogP contribution in [0, 0.1) is 11.3 Å². The van der Waals surface area contributed by atoms with Crippen molar-refractivity contribution in [3.63, 3.8) is 0 Å². The summed E-state index contributed by atoms with van der Waals surface area (Å²) in [6, 6.07) is 3.71. The van der Waals surface area contributed by atoms with Crippen LogP contribution in [0.4, 0.5) is 19.0 Å². The standard InChI is InChI=1S/C24H24BrF3N6O3S/c25-14-9-15-16(37-12-36-15)10-17(14)38-22-31-18-19(29)30-11-34(20(18)32-22)8-3-13-1-6-33(7-2-13)21(35)23(4-5-23)24(26,27)28/h9-11,13H,1-8,12,29H2. The Bertz CT molecular complexity index is 1360. The Kier molecular flexibility index (Phi) is 6.36. The van der Waals surface area contributed by atoms with Crippen LogP contribution in [0.25, 0.3) is 11.5 Å². The Balaban J connectivity index is 1.11. The molecule has 9 nitrogen and oxygen atoms in total. The Morgan fingerprint density at radius 2 is 1.89 bits per heavy atom. The number of nitrogens with zero attached hydrogens (tertiary/aromatic N) is 5. The minimum Gasteiger partial charge on any atom is -0.454 e. The number of carbonyl (C=O) groups excluding carboxylic acids is 1. The molecular formula is C24H24BrF3N6O3S. The zero-order valence-electron chi connectivity index (χ0n) is 20.1. The number of anilines is 1. The van der Waals surface area contributed by atoms with E-state index >= 15 is 0 Å². The second kappa shape index (κ2) is 9.47. The highest BCUT2D eigenvalue weighted by atomic mass is 79.9. The third kappa shape index (κ3) is 4.55. The van der Waals surface area contributed by atoms with Crippen LogP contribution in [-0.4, -0.2) is 56.4 Å². The van der Waals surface area contributed by atoms with Crippen LogP contribution >= 0.6 is 27.7 Å². The molecule has 0 atom stereocenters. The normalized spacial score (nSPS) is 18.8. The predicted molar refractivity (Wildman–Crippen MR) is 135 cm³/mol. The lowest BCUT2D eigenvalue weighted by Gasteiger charge is -2.35. The van der Waals surface area contributed by atoms with Crippen LogP contribution in [-0.2, 0) is 11.3 Å². The quantitative estimate of drug-likeness (QED) is 0.415. The number of ether oxygens (including phenoxy) is 2. The number of rotatable bonds is 6. The maximum Gasteiger partial charge on any atom is 0.403 e. The number of hydrogen-bond acceptors (Lipinski definition) is 8.